The number of halogens is 1. The second-order valence-electron chi connectivity index (χ2n) is 5.38. The molecule has 0 heterocycles. The molecular formula is C18H22ClNO. The molecule has 1 atom stereocenters. The summed E-state index contributed by atoms with van der Waals surface area (Å²) in [6, 6.07) is 16.6. The third-order valence-corrected chi connectivity index (χ3v) is 3.94. The third kappa shape index (κ3) is 4.48. The van der Waals surface area contributed by atoms with Crippen LogP contribution in [-0.2, 0) is 6.54 Å². The molecule has 0 aliphatic heterocycles. The summed E-state index contributed by atoms with van der Waals surface area (Å²) in [7, 11) is 3.78. The molecule has 2 aromatic carbocycles. The Morgan fingerprint density at radius 3 is 2.48 bits per heavy atom. The number of alkyl halides is 1. The first-order valence-corrected chi connectivity index (χ1v) is 7.55. The van der Waals surface area contributed by atoms with Crippen molar-refractivity contribution in [2.24, 2.45) is 0 Å². The Morgan fingerprint density at radius 2 is 1.86 bits per heavy atom. The minimum Gasteiger partial charge on any atom is -0.496 e. The molecule has 2 aromatic rings. The fraction of sp³-hybridized carbons (Fsp3) is 0.333. The number of rotatable bonds is 6. The van der Waals surface area contributed by atoms with Crippen molar-refractivity contribution in [1.82, 2.24) is 4.90 Å². The van der Waals surface area contributed by atoms with E-state index in [0.29, 0.717) is 0 Å². The average Bonchev–Trinajstić information content (AvgIpc) is 2.48. The number of hydrogen-bond acceptors (Lipinski definition) is 2. The Balaban J connectivity index is 1.97. The molecule has 0 N–H and O–H groups in total. The Kier molecular flexibility index (Phi) is 5.66. The molecule has 2 rings (SSSR count). The summed E-state index contributed by atoms with van der Waals surface area (Å²) in [5, 5.41) is -0.0247. The van der Waals surface area contributed by atoms with Crippen molar-refractivity contribution in [2.75, 3.05) is 20.7 Å². The van der Waals surface area contributed by atoms with Crippen LogP contribution in [0.4, 0.5) is 0 Å². The fourth-order valence-electron chi connectivity index (χ4n) is 2.44. The summed E-state index contributed by atoms with van der Waals surface area (Å²) in [5.41, 5.74) is 3.55. The highest BCUT2D eigenvalue weighted by atomic mass is 35.5. The molecule has 0 amide bonds. The van der Waals surface area contributed by atoms with Gasteiger partial charge in [-0.3, -0.25) is 0 Å². The molecule has 2 nitrogen and oxygen atoms in total. The van der Waals surface area contributed by atoms with E-state index in [-0.39, 0.29) is 5.38 Å². The summed E-state index contributed by atoms with van der Waals surface area (Å²) in [4.78, 5) is 2.24. The van der Waals surface area contributed by atoms with Gasteiger partial charge in [-0.15, -0.1) is 11.6 Å². The van der Waals surface area contributed by atoms with Crippen LogP contribution >= 0.6 is 11.6 Å². The van der Waals surface area contributed by atoms with Crippen LogP contribution < -0.4 is 4.74 Å². The normalized spacial score (nSPS) is 12.4. The van der Waals surface area contributed by atoms with Crippen LogP contribution in [-0.4, -0.2) is 25.6 Å². The van der Waals surface area contributed by atoms with Gasteiger partial charge < -0.3 is 9.64 Å². The van der Waals surface area contributed by atoms with Crippen LogP contribution in [0.2, 0.25) is 0 Å². The van der Waals surface area contributed by atoms with Gasteiger partial charge >= 0.3 is 0 Å². The molecule has 0 spiro atoms. The smallest absolute Gasteiger partial charge is 0.121 e. The van der Waals surface area contributed by atoms with Gasteiger partial charge in [-0.25, -0.2) is 0 Å². The SMILES string of the molecule is COc1ccc(C(Cl)CN(C)Cc2ccccc2)cc1C. The van der Waals surface area contributed by atoms with Crippen LogP contribution in [0.25, 0.3) is 0 Å². The Hall–Kier alpha value is -1.51. The number of likely N-dealkylation sites (N-methyl/N-ethyl adjacent to an activating group) is 1. The minimum atomic E-state index is -0.0247. The zero-order valence-electron chi connectivity index (χ0n) is 12.8. The molecule has 0 saturated carbocycles. The molecule has 1 unspecified atom stereocenters. The summed E-state index contributed by atoms with van der Waals surface area (Å²) in [6.45, 7) is 3.75. The molecule has 0 radical (unpaired) electrons. The van der Waals surface area contributed by atoms with Crippen molar-refractivity contribution >= 4 is 11.6 Å². The van der Waals surface area contributed by atoms with Gasteiger partial charge in [-0.1, -0.05) is 42.5 Å². The number of hydrogen-bond donors (Lipinski definition) is 0. The molecule has 21 heavy (non-hydrogen) atoms. The van der Waals surface area contributed by atoms with E-state index in [1.54, 1.807) is 7.11 Å². The number of ether oxygens (including phenoxy) is 1. The van der Waals surface area contributed by atoms with Crippen molar-refractivity contribution in [3.8, 4) is 5.75 Å². The lowest BCUT2D eigenvalue weighted by Crippen LogP contribution is -2.22. The molecule has 3 heteroatoms. The number of methoxy groups -OCH3 is 1. The highest BCUT2D eigenvalue weighted by Gasteiger charge is 2.12. The topological polar surface area (TPSA) is 12.5 Å². The standard InChI is InChI=1S/C18H22ClNO/c1-14-11-16(9-10-18(14)21-3)17(19)13-20(2)12-15-7-5-4-6-8-15/h4-11,17H,12-13H2,1-3H3. The zero-order chi connectivity index (χ0) is 15.2. The van der Waals surface area contributed by atoms with E-state index in [4.69, 9.17) is 16.3 Å². The summed E-state index contributed by atoms with van der Waals surface area (Å²) < 4.78 is 5.29. The van der Waals surface area contributed by atoms with E-state index < -0.39 is 0 Å². The van der Waals surface area contributed by atoms with Crippen LogP contribution in [0.5, 0.6) is 5.75 Å². The van der Waals surface area contributed by atoms with E-state index in [1.165, 1.54) is 5.56 Å². The highest BCUT2D eigenvalue weighted by Crippen LogP contribution is 2.27. The van der Waals surface area contributed by atoms with Crippen molar-refractivity contribution in [2.45, 2.75) is 18.8 Å². The molecule has 0 aromatic heterocycles. The maximum Gasteiger partial charge on any atom is 0.121 e. The first-order chi connectivity index (χ1) is 10.1. The lowest BCUT2D eigenvalue weighted by Gasteiger charge is -2.21. The minimum absolute atomic E-state index is 0.0247. The number of benzene rings is 2. The second-order valence-corrected chi connectivity index (χ2v) is 5.91. The third-order valence-electron chi connectivity index (χ3n) is 3.55. The van der Waals surface area contributed by atoms with Gasteiger partial charge in [0.05, 0.1) is 12.5 Å². The first kappa shape index (κ1) is 15.9. The predicted molar refractivity (Wildman–Crippen MR) is 89.1 cm³/mol. The Morgan fingerprint density at radius 1 is 1.14 bits per heavy atom. The van der Waals surface area contributed by atoms with Crippen molar-refractivity contribution in [3.63, 3.8) is 0 Å². The Labute approximate surface area is 132 Å². The van der Waals surface area contributed by atoms with Gasteiger partial charge in [-0.05, 0) is 36.7 Å². The quantitative estimate of drug-likeness (QED) is 0.733. The molecule has 112 valence electrons. The molecule has 0 bridgehead atoms. The van der Waals surface area contributed by atoms with E-state index in [1.807, 2.05) is 25.1 Å². The summed E-state index contributed by atoms with van der Waals surface area (Å²) >= 11 is 6.55. The van der Waals surface area contributed by atoms with Crippen LogP contribution in [0.1, 0.15) is 22.1 Å². The van der Waals surface area contributed by atoms with Gasteiger partial charge in [0.15, 0.2) is 0 Å². The predicted octanol–water partition coefficient (Wildman–Crippen LogP) is 4.42. The lowest BCUT2D eigenvalue weighted by molar-refractivity contribution is 0.327. The van der Waals surface area contributed by atoms with Crippen LogP contribution in [0, 0.1) is 6.92 Å². The fourth-order valence-corrected chi connectivity index (χ4v) is 2.81. The first-order valence-electron chi connectivity index (χ1n) is 7.11. The molecule has 0 saturated heterocycles. The van der Waals surface area contributed by atoms with Crippen molar-refractivity contribution < 1.29 is 4.74 Å². The maximum atomic E-state index is 6.55. The lowest BCUT2D eigenvalue weighted by atomic mass is 10.1. The van der Waals surface area contributed by atoms with E-state index in [0.717, 1.165) is 30.0 Å². The Bertz CT molecular complexity index is 571. The number of nitrogens with zero attached hydrogens (tertiary/aromatic N) is 1. The number of aryl methyl sites for hydroxylation is 1. The molecule has 0 fully saturated rings. The van der Waals surface area contributed by atoms with E-state index in [2.05, 4.69) is 42.3 Å². The molecular weight excluding hydrogens is 282 g/mol. The summed E-state index contributed by atoms with van der Waals surface area (Å²) in [5.74, 6) is 0.903. The van der Waals surface area contributed by atoms with Crippen LogP contribution in [0.15, 0.2) is 48.5 Å². The van der Waals surface area contributed by atoms with Crippen molar-refractivity contribution in [3.05, 3.63) is 65.2 Å². The molecule has 0 aliphatic rings. The zero-order valence-corrected chi connectivity index (χ0v) is 13.6. The van der Waals surface area contributed by atoms with Gasteiger partial charge in [0.25, 0.3) is 0 Å². The second kappa shape index (κ2) is 7.48. The van der Waals surface area contributed by atoms with Crippen LogP contribution in [0.3, 0.4) is 0 Å². The van der Waals surface area contributed by atoms with E-state index >= 15 is 0 Å². The van der Waals surface area contributed by atoms with Gasteiger partial charge in [0.1, 0.15) is 5.75 Å². The average molecular weight is 304 g/mol. The highest BCUT2D eigenvalue weighted by molar-refractivity contribution is 6.21. The maximum absolute atomic E-state index is 6.55. The van der Waals surface area contributed by atoms with Crippen molar-refractivity contribution in [1.29, 1.82) is 0 Å². The summed E-state index contributed by atoms with van der Waals surface area (Å²) in [6.07, 6.45) is 0. The largest absolute Gasteiger partial charge is 0.496 e. The van der Waals surface area contributed by atoms with Gasteiger partial charge in [-0.2, -0.15) is 0 Å². The molecule has 0 aliphatic carbocycles. The monoisotopic (exact) mass is 303 g/mol. The van der Waals surface area contributed by atoms with Gasteiger partial charge in [0.2, 0.25) is 0 Å². The van der Waals surface area contributed by atoms with Gasteiger partial charge in [0, 0.05) is 13.1 Å². The van der Waals surface area contributed by atoms with E-state index in [9.17, 15) is 0 Å².